The molecule has 0 aliphatic heterocycles. The fourth-order valence-corrected chi connectivity index (χ4v) is 0.778. The standard InChI is InChI=1S/C6H14O2.C5H8O2/c7-5-3-1-2-4-6-8;1-3-5(6)7-4-2/h7-8H,1-6H2;3H,1,4H2,2H3. The molecule has 0 spiro atoms. The monoisotopic (exact) mass is 218 g/mol. The molecule has 15 heavy (non-hydrogen) atoms. The van der Waals surface area contributed by atoms with E-state index in [1.54, 1.807) is 6.92 Å². The molecule has 4 heteroatoms. The van der Waals surface area contributed by atoms with Gasteiger partial charge >= 0.3 is 5.97 Å². The van der Waals surface area contributed by atoms with Crippen LogP contribution in [-0.4, -0.2) is 36.0 Å². The van der Waals surface area contributed by atoms with Gasteiger partial charge in [0.1, 0.15) is 0 Å². The van der Waals surface area contributed by atoms with Crippen molar-refractivity contribution in [1.29, 1.82) is 0 Å². The first-order valence-electron chi connectivity index (χ1n) is 5.23. The molecule has 0 aliphatic carbocycles. The summed E-state index contributed by atoms with van der Waals surface area (Å²) in [5.74, 6) is -0.359. The van der Waals surface area contributed by atoms with E-state index in [0.29, 0.717) is 6.61 Å². The van der Waals surface area contributed by atoms with Crippen LogP contribution in [0.15, 0.2) is 12.7 Å². The van der Waals surface area contributed by atoms with Crippen LogP contribution in [0.5, 0.6) is 0 Å². The number of esters is 1. The molecule has 0 aromatic rings. The maximum atomic E-state index is 10.1. The van der Waals surface area contributed by atoms with E-state index in [9.17, 15) is 4.79 Å². The molecule has 0 aliphatic rings. The minimum absolute atomic E-state index is 0.283. The molecule has 0 aromatic heterocycles. The van der Waals surface area contributed by atoms with Crippen LogP contribution >= 0.6 is 0 Å². The van der Waals surface area contributed by atoms with Crippen LogP contribution in [0.1, 0.15) is 32.6 Å². The lowest BCUT2D eigenvalue weighted by molar-refractivity contribution is -0.137. The number of hydrogen-bond acceptors (Lipinski definition) is 4. The molecular formula is C11H22O4. The Balaban J connectivity index is 0. The fraction of sp³-hybridized carbons (Fsp3) is 0.727. The molecule has 90 valence electrons. The Kier molecular flexibility index (Phi) is 17.2. The SMILES string of the molecule is C=CC(=O)OCC.OCCCCCCO. The van der Waals surface area contributed by atoms with Crippen molar-refractivity contribution < 1.29 is 19.7 Å². The van der Waals surface area contributed by atoms with Crippen LogP contribution in [0.25, 0.3) is 0 Å². The third kappa shape index (κ3) is 19.5. The van der Waals surface area contributed by atoms with Gasteiger partial charge in [-0.1, -0.05) is 19.4 Å². The molecule has 0 aromatic carbocycles. The summed E-state index contributed by atoms with van der Waals surface area (Å²) >= 11 is 0. The second-order valence-corrected chi connectivity index (χ2v) is 2.82. The van der Waals surface area contributed by atoms with E-state index in [-0.39, 0.29) is 19.2 Å². The van der Waals surface area contributed by atoms with E-state index in [2.05, 4.69) is 11.3 Å². The summed E-state index contributed by atoms with van der Waals surface area (Å²) in [5, 5.41) is 16.6. The number of ether oxygens (including phenoxy) is 1. The second kappa shape index (κ2) is 15.6. The highest BCUT2D eigenvalue weighted by molar-refractivity contribution is 5.81. The maximum absolute atomic E-state index is 10.1. The molecule has 0 amide bonds. The number of carbonyl (C=O) groups excluding carboxylic acids is 1. The lowest BCUT2D eigenvalue weighted by Crippen LogP contribution is -1.97. The molecule has 4 nitrogen and oxygen atoms in total. The van der Waals surface area contributed by atoms with E-state index >= 15 is 0 Å². The molecule has 0 bridgehead atoms. The molecule has 0 saturated carbocycles. The molecule has 0 unspecified atom stereocenters. The second-order valence-electron chi connectivity index (χ2n) is 2.82. The quantitative estimate of drug-likeness (QED) is 0.383. The lowest BCUT2D eigenvalue weighted by Gasteiger charge is -1.93. The third-order valence-electron chi connectivity index (χ3n) is 1.52. The Morgan fingerprint density at radius 2 is 1.67 bits per heavy atom. The molecule has 0 rings (SSSR count). The molecule has 0 saturated heterocycles. The van der Waals surface area contributed by atoms with Gasteiger partial charge in [0.05, 0.1) is 6.61 Å². The van der Waals surface area contributed by atoms with Crippen molar-refractivity contribution in [2.75, 3.05) is 19.8 Å². The highest BCUT2D eigenvalue weighted by Gasteiger charge is 1.86. The molecule has 0 fully saturated rings. The van der Waals surface area contributed by atoms with Crippen molar-refractivity contribution in [2.45, 2.75) is 32.6 Å². The van der Waals surface area contributed by atoms with Crippen LogP contribution in [0, 0.1) is 0 Å². The molecular weight excluding hydrogens is 196 g/mol. The van der Waals surface area contributed by atoms with Crippen LogP contribution in [0.3, 0.4) is 0 Å². The average molecular weight is 218 g/mol. The third-order valence-corrected chi connectivity index (χ3v) is 1.52. The summed E-state index contributed by atoms with van der Waals surface area (Å²) in [5.41, 5.74) is 0. The highest BCUT2D eigenvalue weighted by Crippen LogP contribution is 1.96. The Labute approximate surface area is 91.6 Å². The average Bonchev–Trinajstić information content (AvgIpc) is 2.26. The van der Waals surface area contributed by atoms with E-state index in [4.69, 9.17) is 10.2 Å². The fourth-order valence-electron chi connectivity index (χ4n) is 0.778. The van der Waals surface area contributed by atoms with Crippen LogP contribution < -0.4 is 0 Å². The van der Waals surface area contributed by atoms with Gasteiger partial charge in [0.25, 0.3) is 0 Å². The highest BCUT2D eigenvalue weighted by atomic mass is 16.5. The zero-order chi connectivity index (χ0) is 11.9. The van der Waals surface area contributed by atoms with Crippen molar-refractivity contribution in [3.05, 3.63) is 12.7 Å². The number of unbranched alkanes of at least 4 members (excludes halogenated alkanes) is 3. The van der Waals surface area contributed by atoms with Crippen molar-refractivity contribution in [3.8, 4) is 0 Å². The Morgan fingerprint density at radius 1 is 1.20 bits per heavy atom. The van der Waals surface area contributed by atoms with Gasteiger partial charge in [0, 0.05) is 19.3 Å². The number of carbonyl (C=O) groups is 1. The van der Waals surface area contributed by atoms with Crippen LogP contribution in [0.4, 0.5) is 0 Å². The normalized spacial score (nSPS) is 8.73. The topological polar surface area (TPSA) is 66.8 Å². The van der Waals surface area contributed by atoms with Gasteiger partial charge in [0.15, 0.2) is 0 Å². The van der Waals surface area contributed by atoms with Gasteiger partial charge in [-0.25, -0.2) is 4.79 Å². The van der Waals surface area contributed by atoms with Crippen molar-refractivity contribution in [2.24, 2.45) is 0 Å². The van der Waals surface area contributed by atoms with E-state index in [1.165, 1.54) is 0 Å². The number of aliphatic hydroxyl groups is 2. The number of rotatable bonds is 7. The summed E-state index contributed by atoms with van der Waals surface area (Å²) in [6, 6.07) is 0. The van der Waals surface area contributed by atoms with E-state index < -0.39 is 0 Å². The summed E-state index contributed by atoms with van der Waals surface area (Å²) in [7, 11) is 0. The van der Waals surface area contributed by atoms with Crippen LogP contribution in [0.2, 0.25) is 0 Å². The van der Waals surface area contributed by atoms with Gasteiger partial charge in [-0.15, -0.1) is 0 Å². The Bertz CT molecular complexity index is 140. The minimum atomic E-state index is -0.359. The number of aliphatic hydroxyl groups excluding tert-OH is 2. The summed E-state index contributed by atoms with van der Waals surface area (Å²) in [6.45, 7) is 5.94. The van der Waals surface area contributed by atoms with Gasteiger partial charge in [0.2, 0.25) is 0 Å². The van der Waals surface area contributed by atoms with E-state index in [0.717, 1.165) is 31.8 Å². The predicted molar refractivity (Wildman–Crippen MR) is 59.5 cm³/mol. The summed E-state index contributed by atoms with van der Waals surface area (Å²) in [6.07, 6.45) is 4.97. The van der Waals surface area contributed by atoms with Crippen molar-refractivity contribution in [1.82, 2.24) is 0 Å². The first-order chi connectivity index (χ1) is 7.22. The molecule has 2 N–H and O–H groups in total. The summed E-state index contributed by atoms with van der Waals surface area (Å²) in [4.78, 5) is 10.1. The summed E-state index contributed by atoms with van der Waals surface area (Å²) < 4.78 is 4.43. The predicted octanol–water partition coefficient (Wildman–Crippen LogP) is 1.27. The zero-order valence-corrected chi connectivity index (χ0v) is 9.45. The maximum Gasteiger partial charge on any atom is 0.330 e. The van der Waals surface area contributed by atoms with E-state index in [1.807, 2.05) is 0 Å². The molecule has 0 radical (unpaired) electrons. The lowest BCUT2D eigenvalue weighted by atomic mass is 10.2. The van der Waals surface area contributed by atoms with Gasteiger partial charge in [-0.05, 0) is 19.8 Å². The number of hydrogen-bond donors (Lipinski definition) is 2. The smallest absolute Gasteiger partial charge is 0.330 e. The molecule has 0 heterocycles. The first-order valence-corrected chi connectivity index (χ1v) is 5.23. The van der Waals surface area contributed by atoms with Gasteiger partial charge < -0.3 is 14.9 Å². The van der Waals surface area contributed by atoms with Crippen molar-refractivity contribution >= 4 is 5.97 Å². The largest absolute Gasteiger partial charge is 0.463 e. The Morgan fingerprint density at radius 3 is 1.87 bits per heavy atom. The zero-order valence-electron chi connectivity index (χ0n) is 9.45. The van der Waals surface area contributed by atoms with Gasteiger partial charge in [-0.2, -0.15) is 0 Å². The first kappa shape index (κ1) is 16.6. The molecule has 0 atom stereocenters. The van der Waals surface area contributed by atoms with Gasteiger partial charge in [-0.3, -0.25) is 0 Å². The Hall–Kier alpha value is -0.870. The minimum Gasteiger partial charge on any atom is -0.463 e. The van der Waals surface area contributed by atoms with Crippen molar-refractivity contribution in [3.63, 3.8) is 0 Å². The van der Waals surface area contributed by atoms with Crippen LogP contribution in [-0.2, 0) is 9.53 Å².